The molecule has 1 saturated heterocycles. The predicted molar refractivity (Wildman–Crippen MR) is 80.3 cm³/mol. The Morgan fingerprint density at radius 3 is 2.24 bits per heavy atom. The molecule has 0 aromatic heterocycles. The van der Waals surface area contributed by atoms with Crippen LogP contribution in [0.2, 0.25) is 0 Å². The summed E-state index contributed by atoms with van der Waals surface area (Å²) in [5.41, 5.74) is 0. The van der Waals surface area contributed by atoms with Gasteiger partial charge in [0.05, 0.1) is 0 Å². The molecule has 0 bridgehead atoms. The first-order valence-corrected chi connectivity index (χ1v) is 6.78. The molecule has 0 aliphatic carbocycles. The zero-order valence-corrected chi connectivity index (χ0v) is 12.5. The average Bonchev–Trinajstić information content (AvgIpc) is 2.78. The van der Waals surface area contributed by atoms with Crippen LogP contribution in [-0.2, 0) is 0 Å². The molecule has 0 radical (unpaired) electrons. The molecule has 6 heteroatoms. The molecule has 0 amide bonds. The van der Waals surface area contributed by atoms with Crippen LogP contribution in [0.5, 0.6) is 0 Å². The first-order valence-electron chi connectivity index (χ1n) is 5.96. The summed E-state index contributed by atoms with van der Waals surface area (Å²) in [6.07, 6.45) is 2.66. The van der Waals surface area contributed by atoms with Crippen LogP contribution in [0.1, 0.15) is 12.8 Å². The lowest BCUT2D eigenvalue weighted by atomic mass is 10.4. The Kier molecular flexibility index (Phi) is 6.08. The highest BCUT2D eigenvalue weighted by molar-refractivity contribution is 7.81. The van der Waals surface area contributed by atoms with Gasteiger partial charge in [0, 0.05) is 34.2 Å². The van der Waals surface area contributed by atoms with Gasteiger partial charge in [-0.05, 0) is 50.4 Å². The molecule has 4 nitrogen and oxygen atoms in total. The number of nitrogens with one attached hydrogen (secondary N) is 1. The molecule has 0 atom stereocenters. The van der Waals surface area contributed by atoms with Crippen molar-refractivity contribution in [3.63, 3.8) is 0 Å². The van der Waals surface area contributed by atoms with Gasteiger partial charge in [-0.3, -0.25) is 0 Å². The summed E-state index contributed by atoms with van der Waals surface area (Å²) in [7, 11) is 5.81. The summed E-state index contributed by atoms with van der Waals surface area (Å²) in [6.45, 7) is 4.48. The predicted octanol–water partition coefficient (Wildman–Crippen LogP) is 0.735. The van der Waals surface area contributed by atoms with Gasteiger partial charge >= 0.3 is 0 Å². The number of likely N-dealkylation sites (tertiary alicyclic amines) is 1. The normalized spacial score (nSPS) is 15.7. The van der Waals surface area contributed by atoms with Crippen LogP contribution >= 0.6 is 24.4 Å². The fraction of sp³-hybridized carbons (Fsp3) is 0.818. The van der Waals surface area contributed by atoms with Gasteiger partial charge in [0.1, 0.15) is 0 Å². The van der Waals surface area contributed by atoms with E-state index in [-0.39, 0.29) is 0 Å². The van der Waals surface area contributed by atoms with E-state index in [0.717, 1.165) is 13.1 Å². The fourth-order valence-corrected chi connectivity index (χ4v) is 2.05. The summed E-state index contributed by atoms with van der Waals surface area (Å²) >= 11 is 10.4. The summed E-state index contributed by atoms with van der Waals surface area (Å²) in [4.78, 5) is 6.36. The van der Waals surface area contributed by atoms with Crippen molar-refractivity contribution in [2.24, 2.45) is 0 Å². The lowest BCUT2D eigenvalue weighted by molar-refractivity contribution is 0.307. The van der Waals surface area contributed by atoms with E-state index in [0.29, 0.717) is 10.2 Å². The van der Waals surface area contributed by atoms with Crippen LogP contribution < -0.4 is 5.32 Å². The molecular formula is C11H22N4S2. The smallest absolute Gasteiger partial charge is 0.174 e. The topological polar surface area (TPSA) is 21.8 Å². The minimum Gasteiger partial charge on any atom is -0.355 e. The molecule has 1 fully saturated rings. The highest BCUT2D eigenvalue weighted by Gasteiger charge is 2.13. The van der Waals surface area contributed by atoms with E-state index in [4.69, 9.17) is 24.4 Å². The maximum Gasteiger partial charge on any atom is 0.174 e. The summed E-state index contributed by atoms with van der Waals surface area (Å²) in [6, 6.07) is 0. The zero-order valence-electron chi connectivity index (χ0n) is 10.9. The van der Waals surface area contributed by atoms with Crippen LogP contribution in [0, 0.1) is 0 Å². The van der Waals surface area contributed by atoms with Crippen LogP contribution in [0.4, 0.5) is 0 Å². The van der Waals surface area contributed by atoms with Crippen LogP contribution in [0.15, 0.2) is 0 Å². The zero-order chi connectivity index (χ0) is 12.8. The Labute approximate surface area is 115 Å². The van der Waals surface area contributed by atoms with Crippen molar-refractivity contribution < 1.29 is 0 Å². The summed E-state index contributed by atoms with van der Waals surface area (Å²) in [5, 5.41) is 4.40. The Hall–Kier alpha value is -0.460. The van der Waals surface area contributed by atoms with E-state index in [1.807, 2.05) is 30.9 Å². The minimum absolute atomic E-state index is 0.656. The van der Waals surface area contributed by atoms with Crippen molar-refractivity contribution in [3.05, 3.63) is 0 Å². The number of hydrogen-bond acceptors (Lipinski definition) is 3. The molecule has 1 N–H and O–H groups in total. The van der Waals surface area contributed by atoms with Gasteiger partial charge in [-0.2, -0.15) is 0 Å². The third-order valence-electron chi connectivity index (χ3n) is 2.92. The Morgan fingerprint density at radius 2 is 1.71 bits per heavy atom. The largest absolute Gasteiger partial charge is 0.355 e. The standard InChI is InChI=1S/C11H22N4S2/c1-13(2)10(16)12-11(17)14(3)8-9-15-6-4-5-7-15/h4-9H2,1-3H3,(H,12,16,17). The van der Waals surface area contributed by atoms with Crippen molar-refractivity contribution >= 4 is 34.7 Å². The highest BCUT2D eigenvalue weighted by Crippen LogP contribution is 2.06. The van der Waals surface area contributed by atoms with E-state index in [2.05, 4.69) is 10.2 Å². The lowest BCUT2D eigenvalue weighted by Crippen LogP contribution is -2.46. The SMILES string of the molecule is CN(C)C(=S)NC(=S)N(C)CCN1CCCC1. The van der Waals surface area contributed by atoms with Gasteiger partial charge in [-0.15, -0.1) is 0 Å². The van der Waals surface area contributed by atoms with Crippen LogP contribution in [0.25, 0.3) is 0 Å². The molecule has 0 spiro atoms. The second-order valence-electron chi connectivity index (χ2n) is 4.60. The van der Waals surface area contributed by atoms with Crippen molar-refractivity contribution in [2.45, 2.75) is 12.8 Å². The van der Waals surface area contributed by atoms with Gasteiger partial charge in [-0.25, -0.2) is 0 Å². The minimum atomic E-state index is 0.656. The number of thiocarbonyl (C=S) groups is 2. The Morgan fingerprint density at radius 1 is 1.12 bits per heavy atom. The molecule has 98 valence electrons. The van der Waals surface area contributed by atoms with Crippen molar-refractivity contribution in [1.29, 1.82) is 0 Å². The summed E-state index contributed by atoms with van der Waals surface area (Å²) in [5.74, 6) is 0. The molecule has 17 heavy (non-hydrogen) atoms. The fourth-order valence-electron chi connectivity index (χ4n) is 1.70. The van der Waals surface area contributed by atoms with Gasteiger partial charge in [0.15, 0.2) is 10.2 Å². The average molecular weight is 274 g/mol. The molecule has 1 rings (SSSR count). The van der Waals surface area contributed by atoms with Gasteiger partial charge in [0.2, 0.25) is 0 Å². The van der Waals surface area contributed by atoms with Crippen molar-refractivity contribution in [3.8, 4) is 0 Å². The number of nitrogens with zero attached hydrogens (tertiary/aromatic N) is 3. The van der Waals surface area contributed by atoms with Crippen molar-refractivity contribution in [2.75, 3.05) is 47.3 Å². The second-order valence-corrected chi connectivity index (χ2v) is 5.37. The van der Waals surface area contributed by atoms with Gasteiger partial charge < -0.3 is 20.0 Å². The second kappa shape index (κ2) is 7.08. The first kappa shape index (κ1) is 14.6. The van der Waals surface area contributed by atoms with E-state index >= 15 is 0 Å². The molecule has 0 unspecified atom stereocenters. The molecule has 0 aromatic carbocycles. The lowest BCUT2D eigenvalue weighted by Gasteiger charge is -2.25. The van der Waals surface area contributed by atoms with E-state index in [9.17, 15) is 0 Å². The monoisotopic (exact) mass is 274 g/mol. The first-order chi connectivity index (χ1) is 8.00. The number of rotatable bonds is 3. The van der Waals surface area contributed by atoms with E-state index in [1.54, 1.807) is 0 Å². The van der Waals surface area contributed by atoms with Gasteiger partial charge in [-0.1, -0.05) is 0 Å². The van der Waals surface area contributed by atoms with Crippen LogP contribution in [0.3, 0.4) is 0 Å². The molecule has 1 aliphatic rings. The van der Waals surface area contributed by atoms with E-state index in [1.165, 1.54) is 25.9 Å². The molecule has 0 saturated carbocycles. The highest BCUT2D eigenvalue weighted by atomic mass is 32.1. The Balaban J connectivity index is 2.23. The molecule has 0 aromatic rings. The maximum absolute atomic E-state index is 5.29. The van der Waals surface area contributed by atoms with Crippen LogP contribution in [-0.4, -0.2) is 72.2 Å². The number of likely N-dealkylation sites (N-methyl/N-ethyl adjacent to an activating group) is 1. The third kappa shape index (κ3) is 5.14. The van der Waals surface area contributed by atoms with E-state index < -0.39 is 0 Å². The Bertz CT molecular complexity index is 275. The molecular weight excluding hydrogens is 252 g/mol. The molecule has 1 aliphatic heterocycles. The van der Waals surface area contributed by atoms with Crippen molar-refractivity contribution in [1.82, 2.24) is 20.0 Å². The molecule has 1 heterocycles. The number of hydrogen-bond donors (Lipinski definition) is 1. The quantitative estimate of drug-likeness (QED) is 0.761. The maximum atomic E-state index is 5.29. The third-order valence-corrected chi connectivity index (χ3v) is 3.80. The van der Waals surface area contributed by atoms with Gasteiger partial charge in [0.25, 0.3) is 0 Å². The summed E-state index contributed by atoms with van der Waals surface area (Å²) < 4.78 is 0.